The van der Waals surface area contributed by atoms with Gasteiger partial charge in [0, 0.05) is 13.1 Å². The molecule has 4 heterocycles. The van der Waals surface area contributed by atoms with Crippen molar-refractivity contribution in [3.8, 4) is 0 Å². The van der Waals surface area contributed by atoms with Crippen molar-refractivity contribution in [2.24, 2.45) is 17.8 Å². The first-order chi connectivity index (χ1) is 14.9. The van der Waals surface area contributed by atoms with Crippen molar-refractivity contribution < 1.29 is 38.1 Å². The van der Waals surface area contributed by atoms with E-state index in [1.54, 1.807) is 0 Å². The summed E-state index contributed by atoms with van der Waals surface area (Å²) >= 11 is 0. The van der Waals surface area contributed by atoms with Crippen LogP contribution in [0.5, 0.6) is 0 Å². The summed E-state index contributed by atoms with van der Waals surface area (Å²) in [5.74, 6) is -2.60. The summed E-state index contributed by atoms with van der Waals surface area (Å²) in [5, 5.41) is 0. The molecule has 6 atom stereocenters. The van der Waals surface area contributed by atoms with Gasteiger partial charge in [0.2, 0.25) is 0 Å². The number of fused-ring (bicyclic) bond motifs is 1. The molecule has 172 valence electrons. The summed E-state index contributed by atoms with van der Waals surface area (Å²) in [6.45, 7) is 6.74. The molecular weight excluding hydrogens is 406 g/mol. The zero-order valence-corrected chi connectivity index (χ0v) is 18.1. The molecule has 1 saturated carbocycles. The molecular formula is C22H31NO8. The van der Waals surface area contributed by atoms with Crippen molar-refractivity contribution in [1.82, 2.24) is 4.90 Å². The topological polar surface area (TPSA) is 101 Å². The minimum absolute atomic E-state index is 0.132. The Kier molecular flexibility index (Phi) is 5.46. The number of ether oxygens (including phenoxy) is 5. The molecule has 9 heteroatoms. The highest BCUT2D eigenvalue weighted by atomic mass is 16.7. The van der Waals surface area contributed by atoms with E-state index in [9.17, 15) is 14.4 Å². The lowest BCUT2D eigenvalue weighted by atomic mass is 9.78. The Morgan fingerprint density at radius 2 is 1.84 bits per heavy atom. The number of carbonyl (C=O) groups excluding carboxylic acids is 3. The van der Waals surface area contributed by atoms with Gasteiger partial charge in [0.1, 0.15) is 29.6 Å². The van der Waals surface area contributed by atoms with E-state index >= 15 is 0 Å². The Labute approximate surface area is 181 Å². The molecule has 5 rings (SSSR count). The van der Waals surface area contributed by atoms with E-state index in [1.807, 2.05) is 4.90 Å². The monoisotopic (exact) mass is 437 g/mol. The highest BCUT2D eigenvalue weighted by Gasteiger charge is 2.72. The summed E-state index contributed by atoms with van der Waals surface area (Å²) in [7, 11) is 0. The first-order valence-corrected chi connectivity index (χ1v) is 11.5. The van der Waals surface area contributed by atoms with Gasteiger partial charge in [-0.05, 0) is 31.6 Å². The van der Waals surface area contributed by atoms with Crippen LogP contribution in [0.1, 0.15) is 39.5 Å². The lowest BCUT2D eigenvalue weighted by Gasteiger charge is -2.36. The number of hydrogen-bond acceptors (Lipinski definition) is 9. The van der Waals surface area contributed by atoms with Crippen LogP contribution in [-0.4, -0.2) is 85.7 Å². The van der Waals surface area contributed by atoms with E-state index in [1.165, 1.54) is 0 Å². The molecule has 4 aliphatic heterocycles. The molecule has 31 heavy (non-hydrogen) atoms. The van der Waals surface area contributed by atoms with E-state index in [0.29, 0.717) is 26.3 Å². The molecule has 2 bridgehead atoms. The number of nitrogens with zero attached hydrogens (tertiary/aromatic N) is 1. The molecule has 1 aliphatic carbocycles. The fourth-order valence-corrected chi connectivity index (χ4v) is 5.91. The Bertz CT molecular complexity index is 742. The van der Waals surface area contributed by atoms with Gasteiger partial charge in [-0.15, -0.1) is 0 Å². The van der Waals surface area contributed by atoms with E-state index in [4.69, 9.17) is 23.7 Å². The molecule has 5 fully saturated rings. The molecule has 0 N–H and O–H groups in total. The van der Waals surface area contributed by atoms with Crippen LogP contribution in [0, 0.1) is 17.8 Å². The molecule has 0 radical (unpaired) electrons. The predicted molar refractivity (Wildman–Crippen MR) is 105 cm³/mol. The average molecular weight is 437 g/mol. The van der Waals surface area contributed by atoms with Gasteiger partial charge in [0.15, 0.2) is 12.2 Å². The van der Waals surface area contributed by atoms with Crippen molar-refractivity contribution in [3.63, 3.8) is 0 Å². The minimum Gasteiger partial charge on any atom is -0.458 e. The standard InChI is InChI=1S/C22H31NO8/c1-12(2)22(5-3-4-6-22)31-21(26)15-14-16-19(30-20(14)25)18(17(15)29-16)28-13(24)11-23-7-9-27-10-8-23/h12,14-19H,3-11H2,1-2H3. The quantitative estimate of drug-likeness (QED) is 0.439. The lowest BCUT2D eigenvalue weighted by Crippen LogP contribution is -2.51. The summed E-state index contributed by atoms with van der Waals surface area (Å²) < 4.78 is 28.6. The molecule has 0 aromatic heterocycles. The molecule has 6 unspecified atom stereocenters. The van der Waals surface area contributed by atoms with Crippen LogP contribution < -0.4 is 0 Å². The molecule has 4 saturated heterocycles. The smallest absolute Gasteiger partial charge is 0.320 e. The Morgan fingerprint density at radius 3 is 2.52 bits per heavy atom. The first-order valence-electron chi connectivity index (χ1n) is 11.5. The summed E-state index contributed by atoms with van der Waals surface area (Å²) in [6, 6.07) is 0. The second kappa shape index (κ2) is 8.01. The van der Waals surface area contributed by atoms with Gasteiger partial charge in [-0.1, -0.05) is 13.8 Å². The Morgan fingerprint density at radius 1 is 1.13 bits per heavy atom. The van der Waals surface area contributed by atoms with Gasteiger partial charge in [0.25, 0.3) is 0 Å². The highest BCUT2D eigenvalue weighted by Crippen LogP contribution is 2.52. The van der Waals surface area contributed by atoms with Gasteiger partial charge in [0.05, 0.1) is 19.8 Å². The second-order valence-corrected chi connectivity index (χ2v) is 9.71. The fourth-order valence-electron chi connectivity index (χ4n) is 5.91. The molecule has 0 spiro atoms. The van der Waals surface area contributed by atoms with E-state index in [-0.39, 0.29) is 12.5 Å². The number of morpholine rings is 1. The van der Waals surface area contributed by atoms with E-state index < -0.39 is 59.8 Å². The average Bonchev–Trinajstić information content (AvgIpc) is 3.47. The minimum atomic E-state index is -0.798. The Hall–Kier alpha value is -1.71. The van der Waals surface area contributed by atoms with Gasteiger partial charge in [-0.2, -0.15) is 0 Å². The third kappa shape index (κ3) is 3.54. The van der Waals surface area contributed by atoms with Crippen molar-refractivity contribution in [1.29, 1.82) is 0 Å². The Balaban J connectivity index is 1.29. The van der Waals surface area contributed by atoms with Gasteiger partial charge < -0.3 is 23.7 Å². The molecule has 9 nitrogen and oxygen atoms in total. The number of esters is 3. The van der Waals surface area contributed by atoms with Crippen LogP contribution in [0.15, 0.2) is 0 Å². The van der Waals surface area contributed by atoms with E-state index in [0.717, 1.165) is 25.7 Å². The maximum absolute atomic E-state index is 13.3. The molecule has 0 aromatic carbocycles. The van der Waals surface area contributed by atoms with Gasteiger partial charge in [-0.25, -0.2) is 0 Å². The number of carbonyl (C=O) groups is 3. The van der Waals surface area contributed by atoms with Crippen molar-refractivity contribution in [3.05, 3.63) is 0 Å². The fraction of sp³-hybridized carbons (Fsp3) is 0.864. The van der Waals surface area contributed by atoms with Crippen LogP contribution in [0.4, 0.5) is 0 Å². The summed E-state index contributed by atoms with van der Waals surface area (Å²) in [4.78, 5) is 40.4. The third-order valence-corrected chi connectivity index (χ3v) is 7.71. The molecule has 0 aromatic rings. The highest BCUT2D eigenvalue weighted by molar-refractivity contribution is 5.87. The second-order valence-electron chi connectivity index (χ2n) is 9.71. The van der Waals surface area contributed by atoms with Crippen molar-refractivity contribution >= 4 is 17.9 Å². The van der Waals surface area contributed by atoms with Crippen LogP contribution in [0.25, 0.3) is 0 Å². The van der Waals surface area contributed by atoms with Crippen LogP contribution in [0.3, 0.4) is 0 Å². The van der Waals surface area contributed by atoms with Crippen molar-refractivity contribution in [2.75, 3.05) is 32.8 Å². The third-order valence-electron chi connectivity index (χ3n) is 7.71. The molecule has 0 amide bonds. The number of rotatable bonds is 6. The zero-order valence-electron chi connectivity index (χ0n) is 18.1. The SMILES string of the molecule is CC(C)C1(OC(=O)C2C3OC4C(OC(=O)C42)C3OC(=O)CN2CCOCC2)CCCC1. The van der Waals surface area contributed by atoms with Crippen LogP contribution >= 0.6 is 0 Å². The van der Waals surface area contributed by atoms with Gasteiger partial charge in [-0.3, -0.25) is 19.3 Å². The van der Waals surface area contributed by atoms with Crippen LogP contribution in [-0.2, 0) is 38.1 Å². The van der Waals surface area contributed by atoms with E-state index in [2.05, 4.69) is 13.8 Å². The van der Waals surface area contributed by atoms with Crippen molar-refractivity contribution in [2.45, 2.75) is 69.5 Å². The summed E-state index contributed by atoms with van der Waals surface area (Å²) in [5.41, 5.74) is -0.497. The normalized spacial score (nSPS) is 38.5. The lowest BCUT2D eigenvalue weighted by molar-refractivity contribution is -0.177. The zero-order chi connectivity index (χ0) is 21.8. The predicted octanol–water partition coefficient (Wildman–Crippen LogP) is 0.681. The first kappa shape index (κ1) is 21.2. The van der Waals surface area contributed by atoms with Gasteiger partial charge >= 0.3 is 17.9 Å². The number of hydrogen-bond donors (Lipinski definition) is 0. The summed E-state index contributed by atoms with van der Waals surface area (Å²) in [6.07, 6.45) is 1.000. The molecule has 5 aliphatic rings. The maximum Gasteiger partial charge on any atom is 0.320 e. The maximum atomic E-state index is 13.3. The van der Waals surface area contributed by atoms with Crippen LogP contribution in [0.2, 0.25) is 0 Å². The largest absolute Gasteiger partial charge is 0.458 e.